The molecule has 4 aromatic heterocycles. The van der Waals surface area contributed by atoms with Gasteiger partial charge in [-0.15, -0.1) is 0 Å². The van der Waals surface area contributed by atoms with Gasteiger partial charge in [0.15, 0.2) is 23.1 Å². The Kier molecular flexibility index (Phi) is 6.45. The number of benzene rings is 4. The summed E-state index contributed by atoms with van der Waals surface area (Å²) in [5, 5.41) is 2.07. The molecule has 0 fully saturated rings. The van der Waals surface area contributed by atoms with E-state index in [1.165, 1.54) is 0 Å². The van der Waals surface area contributed by atoms with Gasteiger partial charge in [-0.2, -0.15) is 0 Å². The van der Waals surface area contributed by atoms with E-state index >= 15 is 0 Å². The number of nitrogens with zero attached hydrogens (tertiary/aromatic N) is 6. The summed E-state index contributed by atoms with van der Waals surface area (Å²) < 4.78 is 6.20. The van der Waals surface area contributed by atoms with Crippen LogP contribution in [0.3, 0.4) is 0 Å². The van der Waals surface area contributed by atoms with E-state index in [2.05, 4.69) is 53.5 Å². The third kappa shape index (κ3) is 4.94. The summed E-state index contributed by atoms with van der Waals surface area (Å²) in [6.45, 7) is 0. The molecule has 0 radical (unpaired) electrons. The highest BCUT2D eigenvalue weighted by Crippen LogP contribution is 2.34. The van der Waals surface area contributed by atoms with E-state index in [4.69, 9.17) is 29.3 Å². The lowest BCUT2D eigenvalue weighted by Gasteiger charge is -2.11. The Hall–Kier alpha value is -6.34. The number of aromatic nitrogens is 6. The van der Waals surface area contributed by atoms with Crippen LogP contribution in [0.4, 0.5) is 0 Å². The van der Waals surface area contributed by atoms with Gasteiger partial charge in [0.1, 0.15) is 17.0 Å². The highest BCUT2D eigenvalue weighted by Gasteiger charge is 2.16. The van der Waals surface area contributed by atoms with Crippen molar-refractivity contribution < 1.29 is 4.42 Å². The van der Waals surface area contributed by atoms with Crippen LogP contribution >= 0.6 is 0 Å². The molecule has 0 saturated carbocycles. The van der Waals surface area contributed by atoms with E-state index in [0.29, 0.717) is 34.4 Å². The van der Waals surface area contributed by atoms with Crippen LogP contribution in [0.25, 0.3) is 83.8 Å². The largest absolute Gasteiger partial charge is 0.454 e. The maximum absolute atomic E-state index is 6.20. The van der Waals surface area contributed by atoms with Gasteiger partial charge in [0, 0.05) is 33.7 Å². The lowest BCUT2D eigenvalue weighted by molar-refractivity contribution is 0.668. The average molecular weight is 607 g/mol. The normalized spacial score (nSPS) is 13.0. The van der Waals surface area contributed by atoms with E-state index in [0.717, 1.165) is 68.1 Å². The van der Waals surface area contributed by atoms with Crippen LogP contribution in [-0.2, 0) is 0 Å². The summed E-state index contributed by atoms with van der Waals surface area (Å²) in [6, 6.07) is 34.5. The van der Waals surface area contributed by atoms with Crippen molar-refractivity contribution in [1.82, 2.24) is 29.9 Å². The van der Waals surface area contributed by atoms with Crippen molar-refractivity contribution in [2.45, 2.75) is 12.8 Å². The maximum Gasteiger partial charge on any atom is 0.164 e. The van der Waals surface area contributed by atoms with E-state index in [1.807, 2.05) is 72.8 Å². The molecule has 4 heterocycles. The van der Waals surface area contributed by atoms with Gasteiger partial charge >= 0.3 is 0 Å². The summed E-state index contributed by atoms with van der Waals surface area (Å²) in [5.74, 6) is 1.97. The van der Waals surface area contributed by atoms with Crippen molar-refractivity contribution in [1.29, 1.82) is 0 Å². The van der Waals surface area contributed by atoms with Crippen LogP contribution in [0.2, 0.25) is 0 Å². The van der Waals surface area contributed by atoms with Crippen molar-refractivity contribution >= 4 is 38.5 Å². The number of hydrogen-bond donors (Lipinski definition) is 0. The number of fused-ring (bicyclic) bond motifs is 4. The van der Waals surface area contributed by atoms with Crippen molar-refractivity contribution in [3.05, 3.63) is 140 Å². The van der Waals surface area contributed by atoms with Crippen LogP contribution in [0.5, 0.6) is 0 Å². The Balaban J connectivity index is 1.09. The van der Waals surface area contributed by atoms with Crippen LogP contribution in [0, 0.1) is 0 Å². The first-order valence-electron chi connectivity index (χ1n) is 15.6. The minimum Gasteiger partial charge on any atom is -0.454 e. The lowest BCUT2D eigenvalue weighted by Crippen LogP contribution is -2.03. The summed E-state index contributed by atoms with van der Waals surface area (Å²) in [7, 11) is 0. The molecule has 1 aliphatic rings. The first-order chi connectivity index (χ1) is 23.3. The third-order valence-electron chi connectivity index (χ3n) is 8.45. The minimum absolute atomic E-state index is 0.632. The van der Waals surface area contributed by atoms with Gasteiger partial charge < -0.3 is 4.42 Å². The van der Waals surface area contributed by atoms with Gasteiger partial charge in [-0.1, -0.05) is 91.0 Å². The Labute approximate surface area is 270 Å². The van der Waals surface area contributed by atoms with Gasteiger partial charge in [0.05, 0.1) is 17.2 Å². The highest BCUT2D eigenvalue weighted by atomic mass is 16.3. The predicted octanol–water partition coefficient (Wildman–Crippen LogP) is 9.51. The quantitative estimate of drug-likeness (QED) is 0.193. The molecular formula is C40H26N6O. The number of pyridine rings is 1. The lowest BCUT2D eigenvalue weighted by atomic mass is 10.0. The second-order valence-corrected chi connectivity index (χ2v) is 11.5. The Morgan fingerprint density at radius 1 is 0.553 bits per heavy atom. The molecular weight excluding hydrogens is 580 g/mol. The molecule has 7 nitrogen and oxygen atoms in total. The van der Waals surface area contributed by atoms with Crippen LogP contribution in [-0.4, -0.2) is 29.9 Å². The zero-order chi connectivity index (χ0) is 31.2. The van der Waals surface area contributed by atoms with E-state index in [1.54, 1.807) is 12.4 Å². The summed E-state index contributed by atoms with van der Waals surface area (Å²) in [5.41, 5.74) is 9.39. The molecule has 0 unspecified atom stereocenters. The number of rotatable bonds is 5. The van der Waals surface area contributed by atoms with E-state index < -0.39 is 0 Å². The molecule has 4 aromatic carbocycles. The fourth-order valence-corrected chi connectivity index (χ4v) is 6.11. The maximum atomic E-state index is 6.20. The molecule has 1 aliphatic carbocycles. The molecule has 8 aromatic rings. The average Bonchev–Trinajstić information content (AvgIpc) is 3.54. The van der Waals surface area contributed by atoms with Crippen LogP contribution < -0.4 is 0 Å². The molecule has 0 atom stereocenters. The fourth-order valence-electron chi connectivity index (χ4n) is 6.11. The second-order valence-electron chi connectivity index (χ2n) is 11.5. The smallest absolute Gasteiger partial charge is 0.164 e. The standard InChI is InChI=1S/C40H26N6O/c1-3-10-25(11-4-1)38-44-39(26-12-5-2-6-13-26)46-40(45-38)29-15-9-14-27(22-29)28-18-19-32-33(23-28)42-24-34(43-32)36-37-31(20-21-41-36)30-16-7-8-17-35(30)47-37/h1,3-5,7-24H,2,6H2. The monoisotopic (exact) mass is 606 g/mol. The molecule has 9 rings (SSSR count). The van der Waals surface area contributed by atoms with E-state index in [9.17, 15) is 0 Å². The van der Waals surface area contributed by atoms with E-state index in [-0.39, 0.29) is 0 Å². The SMILES string of the molecule is C1=CC(c2nc(-c3ccccc3)nc(-c3cccc(-c4ccc5nc(-c6nccc7c6oc6ccccc67)cnc5c4)c3)n2)=CCC1. The molecule has 0 spiro atoms. The summed E-state index contributed by atoms with van der Waals surface area (Å²) >= 11 is 0. The molecule has 0 saturated heterocycles. The molecule has 47 heavy (non-hydrogen) atoms. The molecule has 7 heteroatoms. The van der Waals surface area contributed by atoms with Crippen LogP contribution in [0.1, 0.15) is 18.7 Å². The van der Waals surface area contributed by atoms with Crippen molar-refractivity contribution in [2.24, 2.45) is 0 Å². The van der Waals surface area contributed by atoms with Crippen molar-refractivity contribution in [2.75, 3.05) is 0 Å². The Morgan fingerprint density at radius 3 is 2.23 bits per heavy atom. The highest BCUT2D eigenvalue weighted by molar-refractivity contribution is 6.08. The van der Waals surface area contributed by atoms with Gasteiger partial charge in [0.2, 0.25) is 0 Å². The zero-order valence-electron chi connectivity index (χ0n) is 25.2. The number of para-hydroxylation sites is 1. The topological polar surface area (TPSA) is 90.5 Å². The fraction of sp³-hybridized carbons (Fsp3) is 0.0500. The van der Waals surface area contributed by atoms with Crippen LogP contribution in [0.15, 0.2) is 138 Å². The second kappa shape index (κ2) is 11.2. The number of hydrogen-bond acceptors (Lipinski definition) is 7. The van der Waals surface area contributed by atoms with Crippen molar-refractivity contribution in [3.8, 4) is 45.3 Å². The Morgan fingerprint density at radius 2 is 1.34 bits per heavy atom. The molecule has 222 valence electrons. The zero-order valence-corrected chi connectivity index (χ0v) is 25.2. The number of allylic oxidation sites excluding steroid dienone is 4. The van der Waals surface area contributed by atoms with Crippen molar-refractivity contribution in [3.63, 3.8) is 0 Å². The third-order valence-corrected chi connectivity index (χ3v) is 8.45. The van der Waals surface area contributed by atoms with Gasteiger partial charge in [0.25, 0.3) is 0 Å². The predicted molar refractivity (Wildman–Crippen MR) is 186 cm³/mol. The molecule has 0 amide bonds. The summed E-state index contributed by atoms with van der Waals surface area (Å²) in [6.07, 6.45) is 12.0. The molecule has 0 bridgehead atoms. The molecule has 0 aliphatic heterocycles. The van der Waals surface area contributed by atoms with Gasteiger partial charge in [-0.25, -0.2) is 19.9 Å². The molecule has 0 N–H and O–H groups in total. The first kappa shape index (κ1) is 27.0. The number of furan rings is 1. The van der Waals surface area contributed by atoms with Gasteiger partial charge in [-0.3, -0.25) is 9.97 Å². The van der Waals surface area contributed by atoms with Gasteiger partial charge in [-0.05, 0) is 54.3 Å². The Bertz CT molecular complexity index is 2530. The minimum atomic E-state index is 0.632. The first-order valence-corrected chi connectivity index (χ1v) is 15.6. The summed E-state index contributed by atoms with van der Waals surface area (Å²) in [4.78, 5) is 29.1.